The highest BCUT2D eigenvalue weighted by molar-refractivity contribution is 7.11. The number of rotatable bonds is 1. The molecule has 4 heteroatoms. The summed E-state index contributed by atoms with van der Waals surface area (Å²) in [4.78, 5) is 0. The molecule has 0 saturated carbocycles. The van der Waals surface area contributed by atoms with Gasteiger partial charge in [-0.3, -0.25) is 0 Å². The summed E-state index contributed by atoms with van der Waals surface area (Å²) in [5, 5.41) is 9.93. The Morgan fingerprint density at radius 1 is 1.36 bits per heavy atom. The molecule has 0 N–H and O–H groups in total. The highest BCUT2D eigenvalue weighted by atomic mass is 35.5. The van der Waals surface area contributed by atoms with Crippen LogP contribution in [0, 0.1) is 0 Å². The predicted molar refractivity (Wildman–Crippen MR) is 48.2 cm³/mol. The molecule has 0 aromatic carbocycles. The van der Waals surface area contributed by atoms with Crippen LogP contribution in [0.1, 0.15) is 30.8 Å². The maximum atomic E-state index is 5.60. The number of hydrogen-bond acceptors (Lipinski definition) is 3. The van der Waals surface area contributed by atoms with Gasteiger partial charge in [0.1, 0.15) is 10.0 Å². The average Bonchev–Trinajstić information content (AvgIpc) is 2.32. The quantitative estimate of drug-likeness (QED) is 0.637. The molecule has 0 radical (unpaired) electrons. The number of halogens is 1. The highest BCUT2D eigenvalue weighted by Crippen LogP contribution is 2.25. The van der Waals surface area contributed by atoms with E-state index in [0.29, 0.717) is 5.88 Å². The summed E-state index contributed by atoms with van der Waals surface area (Å²) in [5.41, 5.74) is 0.0992. The van der Waals surface area contributed by atoms with Crippen molar-refractivity contribution >= 4 is 22.9 Å². The minimum absolute atomic E-state index is 0.0992. The lowest BCUT2D eigenvalue weighted by molar-refractivity contribution is 0.578. The van der Waals surface area contributed by atoms with Gasteiger partial charge in [0.05, 0.1) is 5.88 Å². The molecule has 1 aromatic rings. The standard InChI is InChI=1S/C7H11ClN2S/c1-7(2,3)6-10-9-5(4-8)11-6/h4H2,1-3H3. The molecule has 0 aliphatic rings. The predicted octanol–water partition coefficient (Wildman–Crippen LogP) is 2.57. The largest absolute Gasteiger partial charge is 0.143 e. The summed E-state index contributed by atoms with van der Waals surface area (Å²) in [5.74, 6) is 0.466. The number of alkyl halides is 1. The lowest BCUT2D eigenvalue weighted by atomic mass is 9.98. The molecule has 0 fully saturated rings. The van der Waals surface area contributed by atoms with Gasteiger partial charge >= 0.3 is 0 Å². The molecule has 0 aliphatic heterocycles. The van der Waals surface area contributed by atoms with Crippen molar-refractivity contribution in [1.82, 2.24) is 10.2 Å². The first kappa shape index (κ1) is 8.94. The van der Waals surface area contributed by atoms with Crippen molar-refractivity contribution in [2.24, 2.45) is 0 Å². The van der Waals surface area contributed by atoms with E-state index in [1.165, 1.54) is 0 Å². The summed E-state index contributed by atoms with van der Waals surface area (Å²) >= 11 is 7.18. The van der Waals surface area contributed by atoms with Gasteiger partial charge in [0, 0.05) is 5.41 Å². The number of hydrogen-bond donors (Lipinski definition) is 0. The Hall–Kier alpha value is -0.150. The van der Waals surface area contributed by atoms with Gasteiger partial charge in [-0.2, -0.15) is 0 Å². The maximum Gasteiger partial charge on any atom is 0.132 e. The second kappa shape index (κ2) is 3.07. The van der Waals surface area contributed by atoms with E-state index in [0.717, 1.165) is 10.0 Å². The van der Waals surface area contributed by atoms with Crippen LogP contribution in [-0.2, 0) is 11.3 Å². The van der Waals surface area contributed by atoms with Crippen LogP contribution in [0.4, 0.5) is 0 Å². The fourth-order valence-corrected chi connectivity index (χ4v) is 1.58. The first-order valence-electron chi connectivity index (χ1n) is 3.43. The normalized spacial score (nSPS) is 12.0. The van der Waals surface area contributed by atoms with Crippen LogP contribution in [0.3, 0.4) is 0 Å². The van der Waals surface area contributed by atoms with E-state index in [1.54, 1.807) is 11.3 Å². The van der Waals surface area contributed by atoms with Crippen molar-refractivity contribution in [3.05, 3.63) is 10.0 Å². The minimum atomic E-state index is 0.0992. The van der Waals surface area contributed by atoms with Crippen LogP contribution in [0.25, 0.3) is 0 Å². The molecule has 1 aromatic heterocycles. The second-order valence-electron chi connectivity index (χ2n) is 3.38. The summed E-state index contributed by atoms with van der Waals surface area (Å²) < 4.78 is 0. The molecule has 0 amide bonds. The molecule has 0 atom stereocenters. The lowest BCUT2D eigenvalue weighted by Crippen LogP contribution is -2.10. The molecule has 11 heavy (non-hydrogen) atoms. The second-order valence-corrected chi connectivity index (χ2v) is 4.71. The van der Waals surface area contributed by atoms with Crippen LogP contribution in [-0.4, -0.2) is 10.2 Å². The Morgan fingerprint density at radius 2 is 2.00 bits per heavy atom. The molecular weight excluding hydrogens is 180 g/mol. The highest BCUT2D eigenvalue weighted by Gasteiger charge is 2.18. The summed E-state index contributed by atoms with van der Waals surface area (Å²) in [6.45, 7) is 6.35. The molecule has 0 unspecified atom stereocenters. The summed E-state index contributed by atoms with van der Waals surface area (Å²) in [7, 11) is 0. The summed E-state index contributed by atoms with van der Waals surface area (Å²) in [6, 6.07) is 0. The fraction of sp³-hybridized carbons (Fsp3) is 0.714. The lowest BCUT2D eigenvalue weighted by Gasteiger charge is -2.12. The van der Waals surface area contributed by atoms with E-state index in [1.807, 2.05) is 0 Å². The molecule has 1 rings (SSSR count). The molecule has 1 heterocycles. The Bertz CT molecular complexity index is 239. The molecule has 0 aliphatic carbocycles. The smallest absolute Gasteiger partial charge is 0.132 e. The van der Waals surface area contributed by atoms with Crippen molar-refractivity contribution < 1.29 is 0 Å². The average molecular weight is 191 g/mol. The van der Waals surface area contributed by atoms with E-state index in [4.69, 9.17) is 11.6 Å². The zero-order valence-electron chi connectivity index (χ0n) is 6.89. The van der Waals surface area contributed by atoms with Gasteiger partial charge in [-0.1, -0.05) is 32.1 Å². The minimum Gasteiger partial charge on any atom is -0.143 e. The third-order valence-electron chi connectivity index (χ3n) is 1.22. The molecule has 0 saturated heterocycles. The Balaban J connectivity index is 2.89. The molecular formula is C7H11ClN2S. The zero-order valence-corrected chi connectivity index (χ0v) is 8.46. The van der Waals surface area contributed by atoms with Gasteiger partial charge in [0.15, 0.2) is 0 Å². The molecule has 2 nitrogen and oxygen atoms in total. The van der Waals surface area contributed by atoms with Gasteiger partial charge in [0.25, 0.3) is 0 Å². The van der Waals surface area contributed by atoms with E-state index in [-0.39, 0.29) is 5.41 Å². The van der Waals surface area contributed by atoms with Crippen LogP contribution in [0.15, 0.2) is 0 Å². The van der Waals surface area contributed by atoms with E-state index < -0.39 is 0 Å². The zero-order chi connectivity index (χ0) is 8.48. The topological polar surface area (TPSA) is 25.8 Å². The molecule has 62 valence electrons. The fourth-order valence-electron chi connectivity index (χ4n) is 0.611. The Labute approximate surface area is 75.6 Å². The monoisotopic (exact) mass is 190 g/mol. The Morgan fingerprint density at radius 3 is 2.27 bits per heavy atom. The van der Waals surface area contributed by atoms with Crippen LogP contribution >= 0.6 is 22.9 Å². The van der Waals surface area contributed by atoms with Crippen molar-refractivity contribution in [3.8, 4) is 0 Å². The van der Waals surface area contributed by atoms with Crippen LogP contribution in [0.5, 0.6) is 0 Å². The number of aromatic nitrogens is 2. The Kier molecular flexibility index (Phi) is 2.50. The maximum absolute atomic E-state index is 5.60. The van der Waals surface area contributed by atoms with Gasteiger partial charge < -0.3 is 0 Å². The van der Waals surface area contributed by atoms with E-state index in [2.05, 4.69) is 31.0 Å². The van der Waals surface area contributed by atoms with Crippen molar-refractivity contribution in [3.63, 3.8) is 0 Å². The first-order valence-corrected chi connectivity index (χ1v) is 4.78. The third kappa shape index (κ3) is 2.14. The van der Waals surface area contributed by atoms with Crippen LogP contribution < -0.4 is 0 Å². The summed E-state index contributed by atoms with van der Waals surface area (Å²) in [6.07, 6.45) is 0. The van der Waals surface area contributed by atoms with Crippen LogP contribution in [0.2, 0.25) is 0 Å². The van der Waals surface area contributed by atoms with E-state index >= 15 is 0 Å². The van der Waals surface area contributed by atoms with Crippen molar-refractivity contribution in [1.29, 1.82) is 0 Å². The van der Waals surface area contributed by atoms with Crippen molar-refractivity contribution in [2.45, 2.75) is 32.1 Å². The van der Waals surface area contributed by atoms with Gasteiger partial charge in [-0.05, 0) is 0 Å². The van der Waals surface area contributed by atoms with Crippen molar-refractivity contribution in [2.75, 3.05) is 0 Å². The third-order valence-corrected chi connectivity index (χ3v) is 2.98. The number of nitrogens with zero attached hydrogens (tertiary/aromatic N) is 2. The SMILES string of the molecule is CC(C)(C)c1nnc(CCl)s1. The van der Waals surface area contributed by atoms with Gasteiger partial charge in [-0.15, -0.1) is 21.8 Å². The molecule has 0 bridgehead atoms. The van der Waals surface area contributed by atoms with Gasteiger partial charge in [-0.25, -0.2) is 0 Å². The van der Waals surface area contributed by atoms with Gasteiger partial charge in [0.2, 0.25) is 0 Å². The molecule has 0 spiro atoms. The van der Waals surface area contributed by atoms with E-state index in [9.17, 15) is 0 Å². The first-order chi connectivity index (χ1) is 5.04.